The summed E-state index contributed by atoms with van der Waals surface area (Å²) in [6, 6.07) is 24.1. The Balaban J connectivity index is 1.61. The normalized spacial score (nSPS) is 11.3. The zero-order valence-electron chi connectivity index (χ0n) is 12.1. The first-order valence-electron chi connectivity index (χ1n) is 7.18. The Labute approximate surface area is 137 Å². The van der Waals surface area contributed by atoms with E-state index in [1.165, 1.54) is 11.3 Å². The lowest BCUT2D eigenvalue weighted by Crippen LogP contribution is -1.74. The maximum absolute atomic E-state index is 4.33. The molecule has 1 aromatic carbocycles. The molecule has 1 aromatic heterocycles. The van der Waals surface area contributed by atoms with Crippen molar-refractivity contribution in [2.75, 3.05) is 0 Å². The van der Waals surface area contributed by atoms with Crippen LogP contribution in [0.1, 0.15) is 0 Å². The average molecular weight is 316 g/mol. The first-order chi connectivity index (χ1) is 11.4. The largest absolute Gasteiger partial charge is 0.252 e. The third-order valence-corrected chi connectivity index (χ3v) is 4.30. The molecule has 0 amide bonds. The first kappa shape index (κ1) is 13.7. The summed E-state index contributed by atoms with van der Waals surface area (Å²) in [6.07, 6.45) is 0. The van der Waals surface area contributed by atoms with Gasteiger partial charge in [-0.2, -0.15) is 0 Å². The van der Waals surface area contributed by atoms with Crippen molar-refractivity contribution in [1.29, 1.82) is 0 Å². The van der Waals surface area contributed by atoms with E-state index in [1.54, 1.807) is 0 Å². The minimum Gasteiger partial charge on any atom is -0.147 e. The standard InChI is InChI=1S/C18H12N4S/c1-4-8-14(9-5-1)17-20-22-18(23-17)21-19-16-12-11-13-7-3-2-6-10-15(13)16/h1-12H. The van der Waals surface area contributed by atoms with Crippen LogP contribution in [0.4, 0.5) is 10.8 Å². The molecule has 0 N–H and O–H groups in total. The molecule has 110 valence electrons. The van der Waals surface area contributed by atoms with Crippen LogP contribution in [-0.2, 0) is 0 Å². The van der Waals surface area contributed by atoms with Crippen LogP contribution in [0.5, 0.6) is 0 Å². The number of fused-ring (bicyclic) bond motifs is 1. The Bertz CT molecular complexity index is 931. The quantitative estimate of drug-likeness (QED) is 0.453. The summed E-state index contributed by atoms with van der Waals surface area (Å²) >= 11 is 1.43. The van der Waals surface area contributed by atoms with Gasteiger partial charge in [0.1, 0.15) is 5.01 Å². The van der Waals surface area contributed by atoms with Gasteiger partial charge in [0.25, 0.3) is 5.13 Å². The van der Waals surface area contributed by atoms with Crippen molar-refractivity contribution >= 4 is 22.2 Å². The van der Waals surface area contributed by atoms with Crippen molar-refractivity contribution in [3.8, 4) is 21.7 Å². The Morgan fingerprint density at radius 2 is 1.39 bits per heavy atom. The lowest BCUT2D eigenvalue weighted by atomic mass is 10.2. The third-order valence-electron chi connectivity index (χ3n) is 3.45. The molecular weight excluding hydrogens is 304 g/mol. The molecule has 4 nitrogen and oxygen atoms in total. The average Bonchev–Trinajstić information content (AvgIpc) is 3.15. The summed E-state index contributed by atoms with van der Waals surface area (Å²) in [5.41, 5.74) is 4.10. The molecule has 2 aliphatic rings. The van der Waals surface area contributed by atoms with Crippen molar-refractivity contribution < 1.29 is 0 Å². The molecule has 0 atom stereocenters. The first-order valence-corrected chi connectivity index (χ1v) is 8.00. The molecule has 0 unspecified atom stereocenters. The minimum absolute atomic E-state index is 0.554. The summed E-state index contributed by atoms with van der Waals surface area (Å²) < 4.78 is 0. The van der Waals surface area contributed by atoms with Crippen molar-refractivity contribution in [2.45, 2.75) is 0 Å². The van der Waals surface area contributed by atoms with Gasteiger partial charge in [-0.3, -0.25) is 0 Å². The van der Waals surface area contributed by atoms with Gasteiger partial charge in [0.15, 0.2) is 0 Å². The molecule has 2 aromatic rings. The van der Waals surface area contributed by atoms with Crippen molar-refractivity contribution in [1.82, 2.24) is 10.2 Å². The fourth-order valence-corrected chi connectivity index (χ4v) is 3.01. The van der Waals surface area contributed by atoms with Crippen LogP contribution >= 0.6 is 11.3 Å². The Hall–Kier alpha value is -2.92. The highest BCUT2D eigenvalue weighted by Crippen LogP contribution is 2.35. The molecule has 2 aliphatic carbocycles. The number of rotatable bonds is 3. The van der Waals surface area contributed by atoms with Gasteiger partial charge in [-0.05, 0) is 11.6 Å². The number of hydrogen-bond donors (Lipinski definition) is 0. The number of aromatic nitrogens is 2. The van der Waals surface area contributed by atoms with Crippen molar-refractivity contribution in [3.63, 3.8) is 0 Å². The second-order valence-corrected chi connectivity index (χ2v) is 5.91. The maximum atomic E-state index is 4.33. The monoisotopic (exact) mass is 316 g/mol. The van der Waals surface area contributed by atoms with E-state index < -0.39 is 0 Å². The molecular formula is C18H12N4S. The smallest absolute Gasteiger partial charge is 0.147 e. The molecule has 0 radical (unpaired) electrons. The zero-order chi connectivity index (χ0) is 15.5. The molecule has 0 saturated carbocycles. The SMILES string of the molecule is c1ccc(-c2nnc(N=Nc3ccc4cccccc3-4)s2)cc1. The van der Waals surface area contributed by atoms with Gasteiger partial charge in [-0.1, -0.05) is 78.1 Å². The number of hydrogen-bond acceptors (Lipinski definition) is 5. The summed E-state index contributed by atoms with van der Waals surface area (Å²) in [4.78, 5) is 0. The molecule has 1 heterocycles. The number of azo groups is 1. The van der Waals surface area contributed by atoms with E-state index in [4.69, 9.17) is 0 Å². The molecule has 0 bridgehead atoms. The van der Waals surface area contributed by atoms with Crippen LogP contribution < -0.4 is 0 Å². The fourth-order valence-electron chi connectivity index (χ4n) is 2.34. The molecule has 0 aliphatic heterocycles. The van der Waals surface area contributed by atoms with Crippen LogP contribution in [0.2, 0.25) is 0 Å². The lowest BCUT2D eigenvalue weighted by Gasteiger charge is -1.93. The highest BCUT2D eigenvalue weighted by Gasteiger charge is 2.08. The van der Waals surface area contributed by atoms with E-state index in [0.29, 0.717) is 5.13 Å². The van der Waals surface area contributed by atoms with E-state index in [0.717, 1.165) is 27.4 Å². The fraction of sp³-hybridized carbons (Fsp3) is 0. The molecule has 0 spiro atoms. The summed E-state index contributed by atoms with van der Waals surface area (Å²) in [5, 5.41) is 18.2. The van der Waals surface area contributed by atoms with Gasteiger partial charge in [-0.25, -0.2) is 0 Å². The maximum Gasteiger partial charge on any atom is 0.252 e. The molecule has 23 heavy (non-hydrogen) atoms. The summed E-state index contributed by atoms with van der Waals surface area (Å²) in [7, 11) is 0. The Kier molecular flexibility index (Phi) is 3.62. The molecule has 0 fully saturated rings. The van der Waals surface area contributed by atoms with Gasteiger partial charge in [0.05, 0.1) is 5.69 Å². The van der Waals surface area contributed by atoms with Crippen LogP contribution in [-0.4, -0.2) is 10.2 Å². The Morgan fingerprint density at radius 3 is 2.22 bits per heavy atom. The summed E-state index contributed by atoms with van der Waals surface area (Å²) in [6.45, 7) is 0. The van der Waals surface area contributed by atoms with Crippen LogP contribution in [0.15, 0.2) is 83.0 Å². The van der Waals surface area contributed by atoms with Crippen molar-refractivity contribution in [3.05, 3.63) is 72.8 Å². The van der Waals surface area contributed by atoms with Gasteiger partial charge in [0.2, 0.25) is 0 Å². The van der Waals surface area contributed by atoms with Gasteiger partial charge in [0, 0.05) is 11.1 Å². The number of nitrogens with zero attached hydrogens (tertiary/aromatic N) is 4. The lowest BCUT2D eigenvalue weighted by molar-refractivity contribution is 1.06. The summed E-state index contributed by atoms with van der Waals surface area (Å²) in [5.74, 6) is 0. The van der Waals surface area contributed by atoms with E-state index in [1.807, 2.05) is 66.7 Å². The van der Waals surface area contributed by atoms with Crippen LogP contribution in [0, 0.1) is 0 Å². The van der Waals surface area contributed by atoms with Crippen LogP contribution in [0.25, 0.3) is 21.7 Å². The third kappa shape index (κ3) is 2.86. The highest BCUT2D eigenvalue weighted by molar-refractivity contribution is 7.18. The topological polar surface area (TPSA) is 50.5 Å². The molecule has 5 heteroatoms. The van der Waals surface area contributed by atoms with E-state index in [-0.39, 0.29) is 0 Å². The van der Waals surface area contributed by atoms with E-state index >= 15 is 0 Å². The molecule has 4 rings (SSSR count). The van der Waals surface area contributed by atoms with Gasteiger partial charge < -0.3 is 0 Å². The Morgan fingerprint density at radius 1 is 0.652 bits per heavy atom. The van der Waals surface area contributed by atoms with Crippen molar-refractivity contribution in [2.24, 2.45) is 10.2 Å². The second-order valence-electron chi connectivity index (χ2n) is 4.95. The number of benzene rings is 1. The van der Waals surface area contributed by atoms with E-state index in [2.05, 4.69) is 26.5 Å². The predicted octanol–water partition coefficient (Wildman–Crippen LogP) is 5.73. The zero-order valence-corrected chi connectivity index (χ0v) is 12.9. The highest BCUT2D eigenvalue weighted by atomic mass is 32.1. The van der Waals surface area contributed by atoms with Gasteiger partial charge in [-0.15, -0.1) is 20.4 Å². The van der Waals surface area contributed by atoms with Gasteiger partial charge >= 0.3 is 0 Å². The molecule has 0 saturated heterocycles. The van der Waals surface area contributed by atoms with E-state index in [9.17, 15) is 0 Å². The predicted molar refractivity (Wildman–Crippen MR) is 92.6 cm³/mol. The second kappa shape index (κ2) is 6.06. The minimum atomic E-state index is 0.554. The van der Waals surface area contributed by atoms with Crippen LogP contribution in [0.3, 0.4) is 0 Å².